The number of hydrogen-bond acceptors (Lipinski definition) is 4. The normalized spacial score (nSPS) is 17.9. The SMILES string of the molecule is CS1(=O)=Nc2cc(C(=O)Nc3cc(-c4ccc(F)cc4)ccc3N)ccc2CC1. The molecule has 29 heavy (non-hydrogen) atoms. The van der Waals surface area contributed by atoms with Crippen molar-refractivity contribution in [3.8, 4) is 11.1 Å². The van der Waals surface area contributed by atoms with Crippen molar-refractivity contribution in [1.82, 2.24) is 0 Å². The molecule has 1 aliphatic rings. The monoisotopic (exact) mass is 409 g/mol. The fourth-order valence-electron chi connectivity index (χ4n) is 3.24. The number of halogens is 1. The number of carbonyl (C=O) groups excluding carboxylic acids is 1. The van der Waals surface area contributed by atoms with Crippen molar-refractivity contribution < 1.29 is 13.4 Å². The zero-order chi connectivity index (χ0) is 20.6. The summed E-state index contributed by atoms with van der Waals surface area (Å²) in [5, 5.41) is 2.82. The minimum absolute atomic E-state index is 0.313. The molecule has 0 aliphatic carbocycles. The Morgan fingerprint density at radius 3 is 2.55 bits per heavy atom. The Balaban J connectivity index is 1.62. The second-order valence-electron chi connectivity index (χ2n) is 7.11. The van der Waals surface area contributed by atoms with Crippen molar-refractivity contribution in [2.45, 2.75) is 6.42 Å². The van der Waals surface area contributed by atoms with Gasteiger partial charge in [0.1, 0.15) is 5.82 Å². The van der Waals surface area contributed by atoms with Crippen LogP contribution in [0.5, 0.6) is 0 Å². The quantitative estimate of drug-likeness (QED) is 0.620. The van der Waals surface area contributed by atoms with Gasteiger partial charge in [-0.25, -0.2) is 8.60 Å². The number of fused-ring (bicyclic) bond motifs is 1. The molecule has 1 heterocycles. The molecule has 0 aromatic heterocycles. The summed E-state index contributed by atoms with van der Waals surface area (Å²) in [5.74, 6) is -0.121. The van der Waals surface area contributed by atoms with Gasteiger partial charge in [-0.2, -0.15) is 4.36 Å². The van der Waals surface area contributed by atoms with E-state index in [1.54, 1.807) is 42.7 Å². The van der Waals surface area contributed by atoms with Crippen LogP contribution < -0.4 is 11.1 Å². The third kappa shape index (κ3) is 4.14. The molecule has 1 unspecified atom stereocenters. The summed E-state index contributed by atoms with van der Waals surface area (Å²) in [6.45, 7) is 0. The van der Waals surface area contributed by atoms with Crippen LogP contribution in [0.3, 0.4) is 0 Å². The van der Waals surface area contributed by atoms with Gasteiger partial charge in [-0.3, -0.25) is 4.79 Å². The molecule has 3 N–H and O–H groups in total. The van der Waals surface area contributed by atoms with Gasteiger partial charge >= 0.3 is 0 Å². The molecule has 5 nitrogen and oxygen atoms in total. The van der Waals surface area contributed by atoms with E-state index < -0.39 is 9.73 Å². The van der Waals surface area contributed by atoms with Gasteiger partial charge in [0, 0.05) is 27.3 Å². The predicted octanol–water partition coefficient (Wildman–Crippen LogP) is 4.61. The third-order valence-corrected chi connectivity index (χ3v) is 6.41. The second kappa shape index (κ2) is 7.33. The topological polar surface area (TPSA) is 84.5 Å². The van der Waals surface area contributed by atoms with E-state index in [0.717, 1.165) is 16.7 Å². The van der Waals surface area contributed by atoms with Crippen molar-refractivity contribution in [2.24, 2.45) is 4.36 Å². The number of nitrogen functional groups attached to an aromatic ring is 1. The average Bonchev–Trinajstić information content (AvgIpc) is 2.69. The number of hydrogen-bond donors (Lipinski definition) is 2. The van der Waals surface area contributed by atoms with Gasteiger partial charge in [0.15, 0.2) is 0 Å². The maximum absolute atomic E-state index is 13.2. The first-order chi connectivity index (χ1) is 13.8. The van der Waals surface area contributed by atoms with Crippen LogP contribution in [0, 0.1) is 5.82 Å². The van der Waals surface area contributed by atoms with Crippen LogP contribution in [0.2, 0.25) is 0 Å². The first kappa shape index (κ1) is 19.1. The first-order valence-electron chi connectivity index (χ1n) is 9.10. The number of rotatable bonds is 3. The number of benzene rings is 3. The third-order valence-electron chi connectivity index (χ3n) is 4.87. The molecule has 1 amide bonds. The molecule has 0 spiro atoms. The minimum atomic E-state index is -2.25. The molecular formula is C22H20FN3O2S. The summed E-state index contributed by atoms with van der Waals surface area (Å²) in [6, 6.07) is 16.6. The lowest BCUT2D eigenvalue weighted by atomic mass is 10.0. The van der Waals surface area contributed by atoms with E-state index in [1.807, 2.05) is 12.1 Å². The Morgan fingerprint density at radius 1 is 1.07 bits per heavy atom. The van der Waals surface area contributed by atoms with Crippen LogP contribution in [-0.4, -0.2) is 22.1 Å². The number of aryl methyl sites for hydroxylation is 1. The molecule has 7 heteroatoms. The summed E-state index contributed by atoms with van der Waals surface area (Å²) < 4.78 is 29.7. The van der Waals surface area contributed by atoms with Gasteiger partial charge < -0.3 is 11.1 Å². The summed E-state index contributed by atoms with van der Waals surface area (Å²) in [7, 11) is -2.25. The average molecular weight is 409 g/mol. The van der Waals surface area contributed by atoms with E-state index in [-0.39, 0.29) is 11.7 Å². The van der Waals surface area contributed by atoms with E-state index in [9.17, 15) is 13.4 Å². The highest BCUT2D eigenvalue weighted by molar-refractivity contribution is 7.93. The molecule has 0 bridgehead atoms. The number of amides is 1. The summed E-state index contributed by atoms with van der Waals surface area (Å²) in [4.78, 5) is 12.8. The standard InChI is InChI=1S/C22H20FN3O2S/c1-29(28)11-10-15-2-3-17(13-20(15)26-29)22(27)25-21-12-16(6-9-19(21)24)14-4-7-18(23)8-5-14/h2-9,12-13H,10-11,24H2,1H3,(H,25,27). The number of nitrogens with two attached hydrogens (primary N) is 1. The Hall–Kier alpha value is -3.19. The fraction of sp³-hybridized carbons (Fsp3) is 0.136. The van der Waals surface area contributed by atoms with Crippen molar-refractivity contribution in [1.29, 1.82) is 0 Å². The Morgan fingerprint density at radius 2 is 1.79 bits per heavy atom. The van der Waals surface area contributed by atoms with Gasteiger partial charge in [0.2, 0.25) is 0 Å². The predicted molar refractivity (Wildman–Crippen MR) is 115 cm³/mol. The van der Waals surface area contributed by atoms with Gasteiger partial charge in [-0.05, 0) is 59.5 Å². The van der Waals surface area contributed by atoms with E-state index in [4.69, 9.17) is 5.73 Å². The first-order valence-corrected chi connectivity index (χ1v) is 11.2. The zero-order valence-corrected chi connectivity index (χ0v) is 16.6. The van der Waals surface area contributed by atoms with Crippen molar-refractivity contribution >= 4 is 32.7 Å². The van der Waals surface area contributed by atoms with Crippen LogP contribution in [0.1, 0.15) is 15.9 Å². The highest BCUT2D eigenvalue weighted by atomic mass is 32.2. The Bertz CT molecular complexity index is 1230. The highest BCUT2D eigenvalue weighted by Crippen LogP contribution is 2.30. The highest BCUT2D eigenvalue weighted by Gasteiger charge is 2.17. The summed E-state index contributed by atoms with van der Waals surface area (Å²) >= 11 is 0. The van der Waals surface area contributed by atoms with Gasteiger partial charge in [-0.15, -0.1) is 0 Å². The summed E-state index contributed by atoms with van der Waals surface area (Å²) in [6.07, 6.45) is 2.31. The van der Waals surface area contributed by atoms with Crippen LogP contribution >= 0.6 is 0 Å². The van der Waals surface area contributed by atoms with Crippen LogP contribution in [0.4, 0.5) is 21.5 Å². The van der Waals surface area contributed by atoms with Crippen molar-refractivity contribution in [3.63, 3.8) is 0 Å². The van der Waals surface area contributed by atoms with E-state index >= 15 is 0 Å². The van der Waals surface area contributed by atoms with E-state index in [0.29, 0.717) is 34.8 Å². The maximum atomic E-state index is 13.2. The molecule has 4 rings (SSSR count). The number of nitrogens with one attached hydrogen (secondary N) is 1. The molecule has 1 aliphatic heterocycles. The fourth-order valence-corrected chi connectivity index (χ4v) is 4.51. The van der Waals surface area contributed by atoms with Gasteiger partial charge in [0.25, 0.3) is 5.91 Å². The lowest BCUT2D eigenvalue weighted by Gasteiger charge is -2.16. The van der Waals surface area contributed by atoms with E-state index in [1.165, 1.54) is 12.1 Å². The number of nitrogens with zero attached hydrogens (tertiary/aromatic N) is 1. The van der Waals surface area contributed by atoms with Crippen molar-refractivity contribution in [3.05, 3.63) is 77.6 Å². The van der Waals surface area contributed by atoms with Crippen LogP contribution in [-0.2, 0) is 16.1 Å². The van der Waals surface area contributed by atoms with Gasteiger partial charge in [-0.1, -0.05) is 24.3 Å². The molecule has 0 fully saturated rings. The largest absolute Gasteiger partial charge is 0.397 e. The smallest absolute Gasteiger partial charge is 0.255 e. The Labute approximate surface area is 168 Å². The molecule has 3 aromatic carbocycles. The van der Waals surface area contributed by atoms with Crippen LogP contribution in [0.25, 0.3) is 11.1 Å². The molecular weight excluding hydrogens is 389 g/mol. The molecule has 1 atom stereocenters. The molecule has 148 valence electrons. The zero-order valence-electron chi connectivity index (χ0n) is 15.8. The number of carbonyl (C=O) groups is 1. The van der Waals surface area contributed by atoms with Gasteiger partial charge in [0.05, 0.1) is 17.1 Å². The van der Waals surface area contributed by atoms with Crippen molar-refractivity contribution in [2.75, 3.05) is 23.1 Å². The maximum Gasteiger partial charge on any atom is 0.255 e. The van der Waals surface area contributed by atoms with Crippen LogP contribution in [0.15, 0.2) is 65.0 Å². The molecule has 3 aromatic rings. The minimum Gasteiger partial charge on any atom is -0.397 e. The summed E-state index contributed by atoms with van der Waals surface area (Å²) in [5.41, 5.74) is 10.5. The Kier molecular flexibility index (Phi) is 4.84. The molecule has 0 radical (unpaired) electrons. The lowest BCUT2D eigenvalue weighted by molar-refractivity contribution is 0.102. The number of anilines is 2. The molecule has 0 saturated heterocycles. The molecule has 0 saturated carbocycles. The second-order valence-corrected chi connectivity index (χ2v) is 9.62. The van der Waals surface area contributed by atoms with E-state index in [2.05, 4.69) is 9.68 Å². The lowest BCUT2D eigenvalue weighted by Crippen LogP contribution is -2.15.